The first-order valence-electron chi connectivity index (χ1n) is 4.05. The van der Waals surface area contributed by atoms with E-state index in [0.29, 0.717) is 6.42 Å². The zero-order valence-electron chi connectivity index (χ0n) is 7.74. The fourth-order valence-electron chi connectivity index (χ4n) is 0.804. The van der Waals surface area contributed by atoms with Gasteiger partial charge in [-0.1, -0.05) is 6.92 Å². The van der Waals surface area contributed by atoms with Gasteiger partial charge in [0.1, 0.15) is 0 Å². The van der Waals surface area contributed by atoms with Crippen LogP contribution < -0.4 is 0 Å². The predicted octanol–water partition coefficient (Wildman–Crippen LogP) is 1.36. The van der Waals surface area contributed by atoms with E-state index in [1.807, 2.05) is 13.0 Å². The zero-order chi connectivity index (χ0) is 9.78. The Morgan fingerprint density at radius 3 is 2.25 bits per heavy atom. The Balaban J connectivity index is 4.36. The summed E-state index contributed by atoms with van der Waals surface area (Å²) in [5, 5.41) is 8.11. The topological polar surface area (TPSA) is 57.9 Å². The van der Waals surface area contributed by atoms with Gasteiger partial charge in [-0.2, -0.15) is 5.26 Å². The fraction of sp³-hybridized carbons (Fsp3) is 0.875. The van der Waals surface area contributed by atoms with Crippen LogP contribution in [0.4, 0.5) is 0 Å². The smallest absolute Gasteiger partial charge is 0.154 e. The monoisotopic (exact) mass is 189 g/mol. The van der Waals surface area contributed by atoms with Crippen LogP contribution in [-0.4, -0.2) is 19.4 Å². The van der Waals surface area contributed by atoms with Crippen LogP contribution in [0.25, 0.3) is 0 Å². The quantitative estimate of drug-likeness (QED) is 0.671. The van der Waals surface area contributed by atoms with Gasteiger partial charge < -0.3 is 0 Å². The molecule has 0 aromatic heterocycles. The first-order chi connectivity index (χ1) is 5.44. The molecule has 0 saturated heterocycles. The molecular formula is C8H15NO2S. The Bertz CT molecular complexity index is 263. The summed E-state index contributed by atoms with van der Waals surface area (Å²) in [6.07, 6.45) is 0.612. The molecule has 70 valence electrons. The largest absolute Gasteiger partial charge is 0.229 e. The van der Waals surface area contributed by atoms with Crippen molar-refractivity contribution >= 4 is 9.84 Å². The molecule has 0 radical (unpaired) electrons. The summed E-state index contributed by atoms with van der Waals surface area (Å²) in [4.78, 5) is 0. The highest BCUT2D eigenvalue weighted by Crippen LogP contribution is 2.09. The Hall–Kier alpha value is -0.560. The Morgan fingerprint density at radius 1 is 1.42 bits per heavy atom. The van der Waals surface area contributed by atoms with Crippen molar-refractivity contribution in [2.75, 3.05) is 5.75 Å². The molecule has 0 aliphatic rings. The third-order valence-corrected chi connectivity index (χ3v) is 4.41. The van der Waals surface area contributed by atoms with Gasteiger partial charge in [-0.25, -0.2) is 8.42 Å². The summed E-state index contributed by atoms with van der Waals surface area (Å²) in [6, 6.07) is 1.92. The molecule has 0 bridgehead atoms. The molecular weight excluding hydrogens is 174 g/mol. The Labute approximate surface area is 74.3 Å². The molecule has 0 amide bonds. The lowest BCUT2D eigenvalue weighted by molar-refractivity contribution is 0.574. The molecule has 4 heteroatoms. The van der Waals surface area contributed by atoms with Crippen LogP contribution in [0.3, 0.4) is 0 Å². The van der Waals surface area contributed by atoms with Gasteiger partial charge in [0.05, 0.1) is 23.0 Å². The van der Waals surface area contributed by atoms with Crippen LogP contribution >= 0.6 is 0 Å². The van der Waals surface area contributed by atoms with E-state index < -0.39 is 15.8 Å². The Morgan fingerprint density at radius 2 is 1.92 bits per heavy atom. The maximum atomic E-state index is 11.4. The van der Waals surface area contributed by atoms with Gasteiger partial charge in [0.15, 0.2) is 9.84 Å². The molecule has 3 nitrogen and oxygen atoms in total. The molecule has 0 rings (SSSR count). The average Bonchev–Trinajstić information content (AvgIpc) is 2.02. The van der Waals surface area contributed by atoms with Gasteiger partial charge in [-0.15, -0.1) is 0 Å². The van der Waals surface area contributed by atoms with Crippen molar-refractivity contribution < 1.29 is 8.42 Å². The second-order valence-corrected chi connectivity index (χ2v) is 5.54. The minimum Gasteiger partial charge on any atom is -0.229 e. The van der Waals surface area contributed by atoms with Crippen molar-refractivity contribution in [1.82, 2.24) is 0 Å². The molecule has 0 saturated carbocycles. The predicted molar refractivity (Wildman–Crippen MR) is 48.3 cm³/mol. The van der Waals surface area contributed by atoms with Gasteiger partial charge >= 0.3 is 0 Å². The SMILES string of the molecule is CCC(C)S(=O)(=O)CC(C)C#N. The van der Waals surface area contributed by atoms with E-state index in [9.17, 15) is 8.42 Å². The number of nitrogens with zero attached hydrogens (tertiary/aromatic N) is 1. The van der Waals surface area contributed by atoms with Crippen molar-refractivity contribution in [2.24, 2.45) is 5.92 Å². The molecule has 0 aromatic carbocycles. The van der Waals surface area contributed by atoms with E-state index in [2.05, 4.69) is 0 Å². The minimum atomic E-state index is -3.04. The summed E-state index contributed by atoms with van der Waals surface area (Å²) >= 11 is 0. The lowest BCUT2D eigenvalue weighted by atomic mass is 10.3. The van der Waals surface area contributed by atoms with E-state index in [0.717, 1.165) is 0 Å². The molecule has 0 heterocycles. The summed E-state index contributed by atoms with van der Waals surface area (Å²) in [5.41, 5.74) is 0. The minimum absolute atomic E-state index is 0.0154. The van der Waals surface area contributed by atoms with Crippen LogP contribution in [-0.2, 0) is 9.84 Å². The molecule has 12 heavy (non-hydrogen) atoms. The van der Waals surface area contributed by atoms with Crippen molar-refractivity contribution in [1.29, 1.82) is 5.26 Å². The third kappa shape index (κ3) is 3.22. The highest BCUT2D eigenvalue weighted by atomic mass is 32.2. The summed E-state index contributed by atoms with van der Waals surface area (Å²) < 4.78 is 22.8. The van der Waals surface area contributed by atoms with Crippen molar-refractivity contribution in [3.63, 3.8) is 0 Å². The second kappa shape index (κ2) is 4.46. The normalized spacial score (nSPS) is 16.5. The highest BCUT2D eigenvalue weighted by Gasteiger charge is 2.21. The van der Waals surface area contributed by atoms with E-state index in [1.165, 1.54) is 0 Å². The van der Waals surface area contributed by atoms with Crippen molar-refractivity contribution in [3.8, 4) is 6.07 Å². The van der Waals surface area contributed by atoms with Gasteiger partial charge in [0.25, 0.3) is 0 Å². The van der Waals surface area contributed by atoms with Gasteiger partial charge in [0, 0.05) is 0 Å². The van der Waals surface area contributed by atoms with Crippen LogP contribution in [0.2, 0.25) is 0 Å². The molecule has 0 N–H and O–H groups in total. The van der Waals surface area contributed by atoms with Crippen LogP contribution in [0.15, 0.2) is 0 Å². The molecule has 0 aromatic rings. The molecule has 0 fully saturated rings. The van der Waals surface area contributed by atoms with Gasteiger partial charge in [-0.05, 0) is 20.3 Å². The maximum absolute atomic E-state index is 11.4. The van der Waals surface area contributed by atoms with Crippen LogP contribution in [0.1, 0.15) is 27.2 Å². The van der Waals surface area contributed by atoms with Crippen molar-refractivity contribution in [2.45, 2.75) is 32.4 Å². The van der Waals surface area contributed by atoms with E-state index in [-0.39, 0.29) is 11.0 Å². The van der Waals surface area contributed by atoms with Gasteiger partial charge in [0.2, 0.25) is 0 Å². The van der Waals surface area contributed by atoms with E-state index in [4.69, 9.17) is 5.26 Å². The number of hydrogen-bond donors (Lipinski definition) is 0. The summed E-state index contributed by atoms with van der Waals surface area (Å²) in [5.74, 6) is -0.414. The van der Waals surface area contributed by atoms with E-state index >= 15 is 0 Å². The zero-order valence-corrected chi connectivity index (χ0v) is 8.56. The van der Waals surface area contributed by atoms with E-state index in [1.54, 1.807) is 13.8 Å². The lowest BCUT2D eigenvalue weighted by Crippen LogP contribution is -2.23. The number of rotatable bonds is 4. The standard InChI is InChI=1S/C8H15NO2S/c1-4-8(3)12(10,11)6-7(2)5-9/h7-8H,4,6H2,1-3H3. The van der Waals surface area contributed by atoms with Gasteiger partial charge in [-0.3, -0.25) is 0 Å². The number of hydrogen-bond acceptors (Lipinski definition) is 3. The molecule has 0 aliphatic carbocycles. The van der Waals surface area contributed by atoms with Crippen molar-refractivity contribution in [3.05, 3.63) is 0 Å². The number of sulfone groups is 1. The molecule has 2 unspecified atom stereocenters. The number of nitriles is 1. The van der Waals surface area contributed by atoms with Crippen LogP contribution in [0, 0.1) is 17.2 Å². The lowest BCUT2D eigenvalue weighted by Gasteiger charge is -2.10. The highest BCUT2D eigenvalue weighted by molar-refractivity contribution is 7.92. The first-order valence-corrected chi connectivity index (χ1v) is 5.76. The Kier molecular flexibility index (Phi) is 4.25. The summed E-state index contributed by atoms with van der Waals surface area (Å²) in [6.45, 7) is 5.14. The summed E-state index contributed by atoms with van der Waals surface area (Å²) in [7, 11) is -3.04. The molecule has 0 spiro atoms. The second-order valence-electron chi connectivity index (χ2n) is 3.08. The molecule has 2 atom stereocenters. The molecule has 0 aliphatic heterocycles. The average molecular weight is 189 g/mol. The fourth-order valence-corrected chi connectivity index (χ4v) is 2.41. The van der Waals surface area contributed by atoms with Crippen LogP contribution in [0.5, 0.6) is 0 Å². The maximum Gasteiger partial charge on any atom is 0.154 e. The first kappa shape index (κ1) is 11.4. The third-order valence-electron chi connectivity index (χ3n) is 1.89.